The molecular formula is C17H26N2O. The van der Waals surface area contributed by atoms with E-state index in [1.54, 1.807) is 0 Å². The third kappa shape index (κ3) is 3.38. The molecule has 2 rings (SSSR count). The third-order valence-corrected chi connectivity index (χ3v) is 3.87. The standard InChI is InChI=1S/C17H26N2O/c1-11(2)14-9-13(7-6-8-17(5)18-19-17)10-15(12(3)4)16(14)20/h9-12,20H,6-8H2,1-5H3/i7T. The molecule has 1 aliphatic heterocycles. The van der Waals surface area contributed by atoms with Crippen LogP contribution >= 0.6 is 0 Å². The van der Waals surface area contributed by atoms with Gasteiger partial charge < -0.3 is 5.11 Å². The molecule has 1 unspecified atom stereocenters. The summed E-state index contributed by atoms with van der Waals surface area (Å²) in [5.74, 6) is 0.899. The number of nitrogens with zero attached hydrogens (tertiary/aromatic N) is 2. The van der Waals surface area contributed by atoms with Gasteiger partial charge in [-0.1, -0.05) is 39.8 Å². The summed E-state index contributed by atoms with van der Waals surface area (Å²) in [5.41, 5.74) is 2.64. The summed E-state index contributed by atoms with van der Waals surface area (Å²) >= 11 is 0. The predicted molar refractivity (Wildman–Crippen MR) is 82.5 cm³/mol. The molecule has 0 fully saturated rings. The van der Waals surface area contributed by atoms with Crippen LogP contribution in [0.1, 0.15) is 77.4 Å². The number of phenols is 1. The Labute approximate surface area is 123 Å². The van der Waals surface area contributed by atoms with Gasteiger partial charge >= 0.3 is 0 Å². The van der Waals surface area contributed by atoms with Crippen LogP contribution in [0.25, 0.3) is 0 Å². The van der Waals surface area contributed by atoms with Gasteiger partial charge in [0.2, 0.25) is 0 Å². The lowest BCUT2D eigenvalue weighted by Gasteiger charge is -2.17. The topological polar surface area (TPSA) is 45.0 Å². The Bertz CT molecular complexity index is 517. The van der Waals surface area contributed by atoms with Crippen molar-refractivity contribution < 1.29 is 6.48 Å². The maximum absolute atomic E-state index is 10.4. The fourth-order valence-corrected chi connectivity index (χ4v) is 2.40. The Balaban J connectivity index is 2.25. The van der Waals surface area contributed by atoms with Crippen molar-refractivity contribution in [2.24, 2.45) is 10.2 Å². The monoisotopic (exact) mass is 276 g/mol. The molecule has 1 heterocycles. The van der Waals surface area contributed by atoms with Crippen molar-refractivity contribution in [2.75, 3.05) is 0 Å². The van der Waals surface area contributed by atoms with Crippen LogP contribution in [-0.4, -0.2) is 10.8 Å². The number of rotatable bonds is 6. The van der Waals surface area contributed by atoms with Gasteiger partial charge in [-0.3, -0.25) is 0 Å². The maximum atomic E-state index is 10.4. The van der Waals surface area contributed by atoms with Crippen molar-refractivity contribution in [2.45, 2.75) is 71.4 Å². The van der Waals surface area contributed by atoms with E-state index < -0.39 is 0 Å². The van der Waals surface area contributed by atoms with Gasteiger partial charge in [-0.05, 0) is 54.7 Å². The minimum atomic E-state index is -0.288. The zero-order valence-corrected chi connectivity index (χ0v) is 13.1. The van der Waals surface area contributed by atoms with E-state index in [9.17, 15) is 5.11 Å². The van der Waals surface area contributed by atoms with Crippen molar-refractivity contribution in [3.8, 4) is 5.75 Å². The number of aromatic hydroxyl groups is 1. The van der Waals surface area contributed by atoms with Crippen LogP contribution in [-0.2, 0) is 6.40 Å². The van der Waals surface area contributed by atoms with Crippen LogP contribution in [0.5, 0.6) is 5.75 Å². The first-order chi connectivity index (χ1) is 9.73. The second-order valence-electron chi connectivity index (χ2n) is 6.52. The number of hydrogen-bond donors (Lipinski definition) is 1. The van der Waals surface area contributed by atoms with Gasteiger partial charge in [0.15, 0.2) is 5.66 Å². The summed E-state index contributed by atoms with van der Waals surface area (Å²) in [6.07, 6.45) is 1.27. The number of benzene rings is 1. The molecule has 0 amide bonds. The van der Waals surface area contributed by atoms with Gasteiger partial charge in [-0.2, -0.15) is 10.2 Å². The van der Waals surface area contributed by atoms with Gasteiger partial charge in [-0.25, -0.2) is 0 Å². The van der Waals surface area contributed by atoms with Crippen LogP contribution < -0.4 is 0 Å². The minimum Gasteiger partial charge on any atom is -0.507 e. The lowest BCUT2D eigenvalue weighted by molar-refractivity contribution is 0.454. The normalized spacial score (nSPS) is 18.4. The molecule has 0 aliphatic carbocycles. The molecule has 20 heavy (non-hydrogen) atoms. The van der Waals surface area contributed by atoms with E-state index in [0.717, 1.165) is 29.5 Å². The molecule has 0 saturated carbocycles. The summed E-state index contributed by atoms with van der Waals surface area (Å²) in [6, 6.07) is 3.99. The Morgan fingerprint density at radius 1 is 1.15 bits per heavy atom. The van der Waals surface area contributed by atoms with Gasteiger partial charge in [-0.15, -0.1) is 0 Å². The van der Waals surface area contributed by atoms with E-state index in [2.05, 4.69) is 37.9 Å². The van der Waals surface area contributed by atoms with Crippen LogP contribution in [0, 0.1) is 0 Å². The van der Waals surface area contributed by atoms with E-state index in [0.29, 0.717) is 5.75 Å². The van der Waals surface area contributed by atoms with Crippen molar-refractivity contribution in [1.82, 2.24) is 0 Å². The van der Waals surface area contributed by atoms with Crippen molar-refractivity contribution in [1.29, 1.82) is 0 Å². The highest BCUT2D eigenvalue weighted by Gasteiger charge is 2.32. The first-order valence-electron chi connectivity index (χ1n) is 8.04. The van der Waals surface area contributed by atoms with Crippen LogP contribution in [0.2, 0.25) is 0 Å². The Morgan fingerprint density at radius 2 is 1.65 bits per heavy atom. The first-order valence-corrected chi connectivity index (χ1v) is 7.46. The molecule has 1 aliphatic rings. The molecule has 0 spiro atoms. The highest BCUT2D eigenvalue weighted by atomic mass is 16.3. The van der Waals surface area contributed by atoms with Crippen molar-refractivity contribution in [3.05, 3.63) is 28.8 Å². The van der Waals surface area contributed by atoms with Crippen LogP contribution in [0.4, 0.5) is 0 Å². The molecule has 0 aromatic heterocycles. The SMILES string of the molecule is [3H]C(CCC1(C)N=N1)c1cc(C(C)C)c(O)c(C(C)C)c1. The van der Waals surface area contributed by atoms with Gasteiger partial charge in [0.1, 0.15) is 5.75 Å². The smallest absolute Gasteiger partial charge is 0.188 e. The zero-order chi connectivity index (χ0) is 15.8. The highest BCUT2D eigenvalue weighted by molar-refractivity contribution is 5.46. The summed E-state index contributed by atoms with van der Waals surface area (Å²) < 4.78 is 8.40. The average Bonchev–Trinajstić information content (AvgIpc) is 3.14. The van der Waals surface area contributed by atoms with E-state index in [4.69, 9.17) is 1.37 Å². The number of phenolic OH excluding ortho intramolecular Hbond substituents is 1. The molecule has 3 heteroatoms. The molecule has 1 N–H and O–H groups in total. The van der Waals surface area contributed by atoms with Crippen molar-refractivity contribution >= 4 is 0 Å². The molecular weight excluding hydrogens is 248 g/mol. The summed E-state index contributed by atoms with van der Waals surface area (Å²) in [4.78, 5) is 0. The summed E-state index contributed by atoms with van der Waals surface area (Å²) in [7, 11) is 0. The lowest BCUT2D eigenvalue weighted by atomic mass is 9.90. The van der Waals surface area contributed by atoms with E-state index in [-0.39, 0.29) is 23.9 Å². The molecule has 0 radical (unpaired) electrons. The summed E-state index contributed by atoms with van der Waals surface area (Å²) in [6.45, 7) is 10.3. The Morgan fingerprint density at radius 3 is 2.05 bits per heavy atom. The van der Waals surface area contributed by atoms with E-state index >= 15 is 0 Å². The highest BCUT2D eigenvalue weighted by Crippen LogP contribution is 2.36. The average molecular weight is 276 g/mol. The summed E-state index contributed by atoms with van der Waals surface area (Å²) in [5, 5.41) is 18.4. The third-order valence-electron chi connectivity index (χ3n) is 3.87. The molecule has 0 bridgehead atoms. The zero-order valence-electron chi connectivity index (χ0n) is 14.1. The Hall–Kier alpha value is -1.38. The van der Waals surface area contributed by atoms with Gasteiger partial charge in [0.25, 0.3) is 0 Å². The second-order valence-corrected chi connectivity index (χ2v) is 6.52. The second kappa shape index (κ2) is 5.55. The van der Waals surface area contributed by atoms with Crippen LogP contribution in [0.15, 0.2) is 22.4 Å². The van der Waals surface area contributed by atoms with E-state index in [1.165, 1.54) is 0 Å². The molecule has 0 saturated heterocycles. The fourth-order valence-electron chi connectivity index (χ4n) is 2.40. The maximum Gasteiger partial charge on any atom is 0.188 e. The largest absolute Gasteiger partial charge is 0.507 e. The minimum absolute atomic E-state index is 0.238. The lowest BCUT2D eigenvalue weighted by Crippen LogP contribution is -2.05. The predicted octanol–water partition coefficient (Wildman–Crippen LogP) is 5.14. The molecule has 1 aromatic rings. The quantitative estimate of drug-likeness (QED) is 0.767. The van der Waals surface area contributed by atoms with E-state index in [1.807, 2.05) is 19.1 Å². The molecule has 1 aromatic carbocycles. The molecule has 3 nitrogen and oxygen atoms in total. The fraction of sp³-hybridized carbons (Fsp3) is 0.647. The number of hydrogen-bond acceptors (Lipinski definition) is 3. The Kier molecular flexibility index (Phi) is 3.77. The van der Waals surface area contributed by atoms with Crippen LogP contribution in [0.3, 0.4) is 0 Å². The van der Waals surface area contributed by atoms with Crippen molar-refractivity contribution in [3.63, 3.8) is 0 Å². The van der Waals surface area contributed by atoms with Gasteiger partial charge in [0, 0.05) is 1.37 Å². The number of aryl methyl sites for hydroxylation is 1. The molecule has 1 atom stereocenters. The first kappa shape index (κ1) is 13.6. The van der Waals surface area contributed by atoms with Gasteiger partial charge in [0.05, 0.1) is 0 Å². The molecule has 110 valence electrons.